The lowest BCUT2D eigenvalue weighted by Gasteiger charge is -2.44. The zero-order valence-corrected chi connectivity index (χ0v) is 33.7. The van der Waals surface area contributed by atoms with E-state index in [0.29, 0.717) is 12.0 Å². The van der Waals surface area contributed by atoms with Crippen molar-refractivity contribution in [1.82, 2.24) is 19.7 Å². The molecular weight excluding hydrogens is 599 g/mol. The number of anilines is 1. The van der Waals surface area contributed by atoms with Crippen LogP contribution in [-0.4, -0.2) is 84.1 Å². The molecule has 3 aliphatic rings. The van der Waals surface area contributed by atoms with Gasteiger partial charge in [0.1, 0.15) is 0 Å². The number of pyridine rings is 1. The second-order valence-electron chi connectivity index (χ2n) is 12.9. The highest BCUT2D eigenvalue weighted by Crippen LogP contribution is 2.31. The third kappa shape index (κ3) is 13.8. The maximum Gasteiger partial charge on any atom is 0.0723 e. The number of hydrogen-bond donors (Lipinski definition) is 1. The molecule has 6 rings (SSSR count). The van der Waals surface area contributed by atoms with Gasteiger partial charge >= 0.3 is 0 Å². The van der Waals surface area contributed by atoms with E-state index in [1.54, 1.807) is 0 Å². The first-order valence-corrected chi connectivity index (χ1v) is 19.8. The molecule has 0 aliphatic carbocycles. The van der Waals surface area contributed by atoms with Crippen LogP contribution in [0.3, 0.4) is 0 Å². The van der Waals surface area contributed by atoms with Gasteiger partial charge in [-0.15, -0.1) is 13.2 Å². The molecule has 1 N–H and O–H groups in total. The first kappa shape index (κ1) is 44.3. The lowest BCUT2D eigenvalue weighted by atomic mass is 9.94. The highest BCUT2D eigenvalue weighted by molar-refractivity contribution is 5.93. The fourth-order valence-corrected chi connectivity index (χ4v) is 6.95. The Labute approximate surface area is 303 Å². The molecule has 1 atom stereocenters. The second-order valence-corrected chi connectivity index (χ2v) is 12.9. The van der Waals surface area contributed by atoms with Crippen molar-refractivity contribution < 1.29 is 0 Å². The fraction of sp³-hybridized carbons (Fsp3) is 0.614. The van der Waals surface area contributed by atoms with E-state index < -0.39 is 0 Å². The molecule has 0 radical (unpaired) electrons. The van der Waals surface area contributed by atoms with Crippen LogP contribution in [0.25, 0.3) is 10.9 Å². The molecule has 3 aromatic rings. The highest BCUT2D eigenvalue weighted by Gasteiger charge is 2.30. The molecule has 0 saturated carbocycles. The summed E-state index contributed by atoms with van der Waals surface area (Å²) in [5, 5.41) is 5.09. The van der Waals surface area contributed by atoms with Gasteiger partial charge in [-0.05, 0) is 94.8 Å². The normalized spacial score (nSPS) is 18.4. The van der Waals surface area contributed by atoms with Crippen molar-refractivity contribution in [2.45, 2.75) is 126 Å². The number of fused-ring (bicyclic) bond motifs is 3. The Hall–Kier alpha value is -2.73. The molecule has 5 heteroatoms. The Morgan fingerprint density at radius 3 is 1.86 bits per heavy atom. The first-order chi connectivity index (χ1) is 23.9. The largest absolute Gasteiger partial charge is 0.384 e. The number of piperidine rings is 1. The van der Waals surface area contributed by atoms with Crippen LogP contribution in [0.2, 0.25) is 0 Å². The van der Waals surface area contributed by atoms with Crippen LogP contribution >= 0.6 is 0 Å². The predicted molar refractivity (Wildman–Crippen MR) is 221 cm³/mol. The average Bonchev–Trinajstić information content (AvgIpc) is 3.16. The van der Waals surface area contributed by atoms with Gasteiger partial charge in [0.15, 0.2) is 0 Å². The molecule has 0 spiro atoms. The first-order valence-electron chi connectivity index (χ1n) is 19.8. The molecule has 5 nitrogen and oxygen atoms in total. The van der Waals surface area contributed by atoms with E-state index >= 15 is 0 Å². The molecule has 1 unspecified atom stereocenters. The summed E-state index contributed by atoms with van der Waals surface area (Å²) in [6, 6.07) is 16.8. The Morgan fingerprint density at radius 1 is 0.735 bits per heavy atom. The zero-order chi connectivity index (χ0) is 36.8. The van der Waals surface area contributed by atoms with Crippen LogP contribution in [0.5, 0.6) is 0 Å². The van der Waals surface area contributed by atoms with Gasteiger partial charge in [-0.25, -0.2) is 0 Å². The molecule has 49 heavy (non-hydrogen) atoms. The standard InChI is InChI=1S/C26H39N5.C10H14.3C2H6.C2H4/c1-3-29-14-16-31(17-15-29)23-9-12-30(13-10-23)22-6-5-21-19-28-25-7-4-20(2)18-24(25)26(21)27-11-8-22;1-8(2)10-6-4-9(3)5-7-10;4*1-2/h4,7,18-19,22-23,27H,3,5-6,8-17H2,1-2H3;4-8H,1-3H3;3*1-2H3;1-2H2. The zero-order valence-electron chi connectivity index (χ0n) is 33.7. The number of nitrogens with zero attached hydrogens (tertiary/aromatic N) is 4. The van der Waals surface area contributed by atoms with Crippen LogP contribution in [0.15, 0.2) is 61.8 Å². The van der Waals surface area contributed by atoms with Crippen molar-refractivity contribution in [1.29, 1.82) is 0 Å². The van der Waals surface area contributed by atoms with Crippen molar-refractivity contribution in [2.75, 3.05) is 57.7 Å². The third-order valence-electron chi connectivity index (χ3n) is 9.76. The molecule has 4 heterocycles. The van der Waals surface area contributed by atoms with Crippen molar-refractivity contribution >= 4 is 16.6 Å². The molecular formula is C44H75N5. The summed E-state index contributed by atoms with van der Waals surface area (Å²) < 4.78 is 0. The van der Waals surface area contributed by atoms with Crippen LogP contribution in [0, 0.1) is 13.8 Å². The fourth-order valence-electron chi connectivity index (χ4n) is 6.95. The Morgan fingerprint density at radius 2 is 1.29 bits per heavy atom. The quantitative estimate of drug-likeness (QED) is 0.279. The summed E-state index contributed by atoms with van der Waals surface area (Å²) >= 11 is 0. The van der Waals surface area contributed by atoms with E-state index in [0.717, 1.165) is 24.5 Å². The van der Waals surface area contributed by atoms with Crippen molar-refractivity contribution in [3.05, 3.63) is 84.1 Å². The SMILES string of the molecule is C=C.CC.CC.CC.CCN1CCN(C2CCN(C3CCNc4c(cnc5ccc(C)cc45)CC3)CC2)CC1.Cc1ccc(C(C)C)cc1. The summed E-state index contributed by atoms with van der Waals surface area (Å²) in [7, 11) is 0. The molecule has 2 fully saturated rings. The molecule has 2 saturated heterocycles. The highest BCUT2D eigenvalue weighted by atomic mass is 15.3. The molecule has 3 aliphatic heterocycles. The minimum absolute atomic E-state index is 0.653. The molecule has 276 valence electrons. The number of aryl methyl sites for hydroxylation is 3. The van der Waals surface area contributed by atoms with Gasteiger partial charge in [0.05, 0.1) is 5.52 Å². The molecule has 1 aromatic heterocycles. The third-order valence-corrected chi connectivity index (χ3v) is 9.76. The van der Waals surface area contributed by atoms with Crippen LogP contribution in [0.4, 0.5) is 5.69 Å². The number of hydrogen-bond acceptors (Lipinski definition) is 5. The van der Waals surface area contributed by atoms with Crippen LogP contribution in [0.1, 0.15) is 116 Å². The van der Waals surface area contributed by atoms with Gasteiger partial charge in [0, 0.05) is 62.1 Å². The molecule has 2 aromatic carbocycles. The molecule has 0 bridgehead atoms. The van der Waals surface area contributed by atoms with E-state index in [-0.39, 0.29) is 0 Å². The minimum atomic E-state index is 0.653. The van der Waals surface area contributed by atoms with Crippen molar-refractivity contribution in [3.63, 3.8) is 0 Å². The number of likely N-dealkylation sites (N-methyl/N-ethyl adjacent to an activating group) is 1. The van der Waals surface area contributed by atoms with Gasteiger partial charge in [-0.2, -0.15) is 0 Å². The van der Waals surface area contributed by atoms with Gasteiger partial charge in [-0.3, -0.25) is 9.88 Å². The lowest BCUT2D eigenvalue weighted by Crippen LogP contribution is -2.54. The van der Waals surface area contributed by atoms with E-state index in [1.807, 2.05) is 41.5 Å². The average molecular weight is 674 g/mol. The molecule has 0 amide bonds. The maximum atomic E-state index is 4.76. The van der Waals surface area contributed by atoms with E-state index in [1.165, 1.54) is 105 Å². The van der Waals surface area contributed by atoms with E-state index in [9.17, 15) is 0 Å². The number of rotatable bonds is 4. The van der Waals surface area contributed by atoms with Gasteiger partial charge in [0.25, 0.3) is 0 Å². The van der Waals surface area contributed by atoms with Crippen LogP contribution < -0.4 is 5.32 Å². The lowest BCUT2D eigenvalue weighted by molar-refractivity contribution is 0.0466. The Balaban J connectivity index is 0.000000560. The maximum absolute atomic E-state index is 4.76. The van der Waals surface area contributed by atoms with E-state index in [2.05, 4.69) is 116 Å². The number of aromatic nitrogens is 1. The van der Waals surface area contributed by atoms with Crippen LogP contribution in [-0.2, 0) is 6.42 Å². The monoisotopic (exact) mass is 674 g/mol. The van der Waals surface area contributed by atoms with Gasteiger partial charge in [-0.1, -0.05) is 104 Å². The second kappa shape index (κ2) is 25.3. The summed E-state index contributed by atoms with van der Waals surface area (Å²) in [6.07, 6.45) is 8.44. The number of likely N-dealkylation sites (tertiary alicyclic amines) is 1. The summed E-state index contributed by atoms with van der Waals surface area (Å²) in [4.78, 5) is 12.9. The predicted octanol–water partition coefficient (Wildman–Crippen LogP) is 10.8. The number of nitrogens with one attached hydrogen (secondary N) is 1. The Kier molecular flexibility index (Phi) is 22.8. The van der Waals surface area contributed by atoms with Crippen molar-refractivity contribution in [3.8, 4) is 0 Å². The smallest absolute Gasteiger partial charge is 0.0723 e. The summed E-state index contributed by atoms with van der Waals surface area (Å²) in [6.45, 7) is 38.8. The van der Waals surface area contributed by atoms with Crippen molar-refractivity contribution in [2.24, 2.45) is 0 Å². The number of piperazine rings is 1. The van der Waals surface area contributed by atoms with Gasteiger partial charge < -0.3 is 15.1 Å². The Bertz CT molecular complexity index is 1250. The summed E-state index contributed by atoms with van der Waals surface area (Å²) in [5.74, 6) is 0.653. The van der Waals surface area contributed by atoms with Gasteiger partial charge in [0.2, 0.25) is 0 Å². The summed E-state index contributed by atoms with van der Waals surface area (Å²) in [5.41, 5.74) is 7.90. The minimum Gasteiger partial charge on any atom is -0.384 e. The topological polar surface area (TPSA) is 34.6 Å². The number of benzene rings is 2. The van der Waals surface area contributed by atoms with E-state index in [4.69, 9.17) is 4.98 Å².